The first-order chi connectivity index (χ1) is 9.16. The summed E-state index contributed by atoms with van der Waals surface area (Å²) in [6, 6.07) is 14.2. The summed E-state index contributed by atoms with van der Waals surface area (Å²) in [5.74, 6) is -0.0402. The van der Waals surface area contributed by atoms with E-state index >= 15 is 0 Å². The molecule has 0 N–H and O–H groups in total. The largest absolute Gasteiger partial charge is 0.356 e. The van der Waals surface area contributed by atoms with Crippen molar-refractivity contribution in [2.75, 3.05) is 0 Å². The summed E-state index contributed by atoms with van der Waals surface area (Å²) in [7, 11) is 0. The van der Waals surface area contributed by atoms with Crippen LogP contribution in [0.2, 0.25) is 10.0 Å². The van der Waals surface area contributed by atoms with E-state index in [1.807, 2.05) is 18.2 Å². The molecule has 0 saturated carbocycles. The van der Waals surface area contributed by atoms with Crippen molar-refractivity contribution in [3.05, 3.63) is 69.7 Å². The second-order valence-corrected chi connectivity index (χ2v) is 5.21. The number of hydrogen-bond acceptors (Lipinski definition) is 2. The second kappa shape index (κ2) is 4.97. The minimum Gasteiger partial charge on any atom is -0.356 e. The van der Waals surface area contributed by atoms with Crippen molar-refractivity contribution in [1.29, 1.82) is 0 Å². The van der Waals surface area contributed by atoms with Gasteiger partial charge in [-0.05, 0) is 30.3 Å². The Balaban J connectivity index is 1.78. The number of Topliss-reactive ketones (excluding diaryl/α,β-unsaturated/α-hetero) is 1. The van der Waals surface area contributed by atoms with Crippen LogP contribution in [0.5, 0.6) is 0 Å². The quantitative estimate of drug-likeness (QED) is 0.623. The fourth-order valence-corrected chi connectivity index (χ4v) is 2.40. The van der Waals surface area contributed by atoms with Gasteiger partial charge in [0, 0.05) is 21.2 Å². The fraction of sp³-hybridized carbons (Fsp3) is 0.133. The van der Waals surface area contributed by atoms with Gasteiger partial charge in [-0.3, -0.25) is 4.79 Å². The van der Waals surface area contributed by atoms with Gasteiger partial charge in [0.15, 0.2) is 11.9 Å². The maximum atomic E-state index is 12.2. The highest BCUT2D eigenvalue weighted by molar-refractivity contribution is 6.31. The molecular formula is C15H10Cl2O2. The molecule has 2 aromatic rings. The minimum atomic E-state index is -0.443. The number of ether oxygens (including phenoxy) is 1. The van der Waals surface area contributed by atoms with Crippen molar-refractivity contribution in [3.63, 3.8) is 0 Å². The zero-order chi connectivity index (χ0) is 13.4. The summed E-state index contributed by atoms with van der Waals surface area (Å²) < 4.78 is 5.46. The molecule has 96 valence electrons. The van der Waals surface area contributed by atoms with Gasteiger partial charge in [0.05, 0.1) is 0 Å². The van der Waals surface area contributed by atoms with Crippen LogP contribution in [-0.2, 0) is 4.74 Å². The Morgan fingerprint density at radius 2 is 1.68 bits per heavy atom. The van der Waals surface area contributed by atoms with Crippen LogP contribution in [0.15, 0.2) is 48.5 Å². The monoisotopic (exact) mass is 292 g/mol. The van der Waals surface area contributed by atoms with E-state index in [9.17, 15) is 4.79 Å². The second-order valence-electron chi connectivity index (χ2n) is 4.37. The zero-order valence-electron chi connectivity index (χ0n) is 9.85. The van der Waals surface area contributed by atoms with E-state index in [4.69, 9.17) is 27.9 Å². The first kappa shape index (κ1) is 12.7. The third-order valence-electron chi connectivity index (χ3n) is 3.09. The Bertz CT molecular complexity index is 622. The molecule has 1 aliphatic rings. The number of halogens is 2. The molecule has 0 radical (unpaired) electrons. The number of benzene rings is 2. The molecule has 1 saturated heterocycles. The van der Waals surface area contributed by atoms with Crippen LogP contribution in [0, 0.1) is 0 Å². The van der Waals surface area contributed by atoms with Gasteiger partial charge in [-0.15, -0.1) is 0 Å². The lowest BCUT2D eigenvalue weighted by molar-refractivity contribution is 0.0953. The highest BCUT2D eigenvalue weighted by atomic mass is 35.5. The molecule has 1 aliphatic heterocycles. The molecule has 0 aliphatic carbocycles. The molecule has 0 bridgehead atoms. The fourth-order valence-electron chi connectivity index (χ4n) is 2.03. The summed E-state index contributed by atoms with van der Waals surface area (Å²) in [6.07, 6.45) is -0.682. The van der Waals surface area contributed by atoms with Crippen LogP contribution < -0.4 is 0 Å². The van der Waals surface area contributed by atoms with Crippen LogP contribution in [0.3, 0.4) is 0 Å². The molecule has 2 aromatic carbocycles. The average molecular weight is 293 g/mol. The summed E-state index contributed by atoms with van der Waals surface area (Å²) in [5.41, 5.74) is 1.46. The third kappa shape index (κ3) is 2.52. The lowest BCUT2D eigenvalue weighted by Crippen LogP contribution is -2.08. The van der Waals surface area contributed by atoms with Crippen molar-refractivity contribution < 1.29 is 9.53 Å². The van der Waals surface area contributed by atoms with Gasteiger partial charge in [-0.2, -0.15) is 0 Å². The van der Waals surface area contributed by atoms with Gasteiger partial charge < -0.3 is 4.74 Å². The Morgan fingerprint density at radius 3 is 2.37 bits per heavy atom. The molecular weight excluding hydrogens is 283 g/mol. The van der Waals surface area contributed by atoms with Gasteiger partial charge in [-0.25, -0.2) is 0 Å². The van der Waals surface area contributed by atoms with Crippen LogP contribution in [0.1, 0.15) is 22.0 Å². The predicted molar refractivity (Wildman–Crippen MR) is 74.8 cm³/mol. The smallest absolute Gasteiger partial charge is 0.194 e. The van der Waals surface area contributed by atoms with Crippen LogP contribution in [0.4, 0.5) is 0 Å². The van der Waals surface area contributed by atoms with Crippen molar-refractivity contribution in [1.82, 2.24) is 0 Å². The molecule has 0 amide bonds. The van der Waals surface area contributed by atoms with E-state index in [2.05, 4.69) is 0 Å². The Labute approximate surface area is 120 Å². The third-order valence-corrected chi connectivity index (χ3v) is 3.69. The first-order valence-electron chi connectivity index (χ1n) is 5.86. The molecule has 0 spiro atoms. The Morgan fingerprint density at radius 1 is 1.00 bits per heavy atom. The molecule has 1 heterocycles. The number of epoxide rings is 1. The molecule has 4 heteroatoms. The van der Waals surface area contributed by atoms with E-state index in [-0.39, 0.29) is 11.9 Å². The number of hydrogen-bond donors (Lipinski definition) is 0. The van der Waals surface area contributed by atoms with Crippen LogP contribution in [-0.4, -0.2) is 11.9 Å². The van der Waals surface area contributed by atoms with Crippen LogP contribution in [0.25, 0.3) is 0 Å². The topological polar surface area (TPSA) is 29.6 Å². The molecule has 1 fully saturated rings. The zero-order valence-corrected chi connectivity index (χ0v) is 11.4. The van der Waals surface area contributed by atoms with E-state index in [1.165, 1.54) is 0 Å². The van der Waals surface area contributed by atoms with Crippen molar-refractivity contribution in [3.8, 4) is 0 Å². The van der Waals surface area contributed by atoms with Gasteiger partial charge in [0.25, 0.3) is 0 Å². The summed E-state index contributed by atoms with van der Waals surface area (Å²) in [4.78, 5) is 12.2. The molecule has 2 nitrogen and oxygen atoms in total. The maximum absolute atomic E-state index is 12.2. The highest BCUT2D eigenvalue weighted by Gasteiger charge is 2.46. The Kier molecular flexibility index (Phi) is 3.31. The minimum absolute atomic E-state index is 0.0402. The maximum Gasteiger partial charge on any atom is 0.194 e. The molecule has 2 atom stereocenters. The van der Waals surface area contributed by atoms with Crippen molar-refractivity contribution in [2.24, 2.45) is 0 Å². The number of carbonyl (C=O) groups excluding carboxylic acids is 1. The number of ketones is 1. The SMILES string of the molecule is O=C(c1ccc(Cl)cc1)C1OC1c1ccccc1Cl. The summed E-state index contributed by atoms with van der Waals surface area (Å²) in [6.45, 7) is 0. The van der Waals surface area contributed by atoms with Gasteiger partial charge in [-0.1, -0.05) is 41.4 Å². The molecule has 0 aromatic heterocycles. The van der Waals surface area contributed by atoms with Gasteiger partial charge in [0.2, 0.25) is 0 Å². The highest BCUT2D eigenvalue weighted by Crippen LogP contribution is 2.43. The standard InChI is InChI=1S/C15H10Cl2O2/c16-10-7-5-9(6-8-10)13(18)15-14(19-15)11-3-1-2-4-12(11)17/h1-8,14-15H. The van der Waals surface area contributed by atoms with E-state index < -0.39 is 6.10 Å². The lowest BCUT2D eigenvalue weighted by atomic mass is 10.0. The summed E-state index contributed by atoms with van der Waals surface area (Å²) >= 11 is 11.9. The first-order valence-corrected chi connectivity index (χ1v) is 6.62. The van der Waals surface area contributed by atoms with Crippen molar-refractivity contribution >= 4 is 29.0 Å². The van der Waals surface area contributed by atoms with Crippen molar-refractivity contribution in [2.45, 2.75) is 12.2 Å². The van der Waals surface area contributed by atoms with E-state index in [1.54, 1.807) is 30.3 Å². The molecule has 3 rings (SSSR count). The number of carbonyl (C=O) groups is 1. The lowest BCUT2D eigenvalue weighted by Gasteiger charge is -2.00. The van der Waals surface area contributed by atoms with Gasteiger partial charge >= 0.3 is 0 Å². The van der Waals surface area contributed by atoms with E-state index in [0.29, 0.717) is 15.6 Å². The van der Waals surface area contributed by atoms with E-state index in [0.717, 1.165) is 5.56 Å². The normalized spacial score (nSPS) is 21.2. The number of rotatable bonds is 3. The molecule has 19 heavy (non-hydrogen) atoms. The molecule has 2 unspecified atom stereocenters. The van der Waals surface area contributed by atoms with Crippen LogP contribution >= 0.6 is 23.2 Å². The van der Waals surface area contributed by atoms with Gasteiger partial charge in [0.1, 0.15) is 6.10 Å². The Hall–Kier alpha value is -1.35. The predicted octanol–water partition coefficient (Wildman–Crippen LogP) is 4.32. The average Bonchev–Trinajstić information content (AvgIpc) is 3.19. The summed E-state index contributed by atoms with van der Waals surface area (Å²) in [5, 5.41) is 1.23.